The third-order valence-corrected chi connectivity index (χ3v) is 3.25. The van der Waals surface area contributed by atoms with Gasteiger partial charge in [0.15, 0.2) is 11.5 Å². The monoisotopic (exact) mass is 235 g/mol. The second-order valence-electron chi connectivity index (χ2n) is 3.34. The molecule has 0 saturated heterocycles. The summed E-state index contributed by atoms with van der Waals surface area (Å²) in [4.78, 5) is 4.45. The Balaban J connectivity index is 2.56. The van der Waals surface area contributed by atoms with E-state index in [0.29, 0.717) is 0 Å². The summed E-state index contributed by atoms with van der Waals surface area (Å²) < 4.78 is 10.6. The van der Waals surface area contributed by atoms with Gasteiger partial charge in [-0.2, -0.15) is 0 Å². The molecule has 4 heteroatoms. The van der Waals surface area contributed by atoms with Crippen LogP contribution >= 0.6 is 11.3 Å². The van der Waals surface area contributed by atoms with Crippen molar-refractivity contribution >= 4 is 11.3 Å². The normalized spacial score (nSPS) is 10.2. The van der Waals surface area contributed by atoms with E-state index < -0.39 is 0 Å². The zero-order chi connectivity index (χ0) is 11.5. The average Bonchev–Trinajstić information content (AvgIpc) is 2.74. The van der Waals surface area contributed by atoms with Gasteiger partial charge in [0, 0.05) is 11.1 Å². The Morgan fingerprint density at radius 1 is 1.19 bits per heavy atom. The molecule has 1 aromatic heterocycles. The van der Waals surface area contributed by atoms with Gasteiger partial charge in [-0.1, -0.05) is 6.07 Å². The molecule has 0 aliphatic rings. The standard InChI is InChI=1S/C12H13NO2S/c1-8-7-16-12(13-8)9-5-4-6-10(14-2)11(9)15-3/h4-7H,1-3H3. The van der Waals surface area contributed by atoms with E-state index in [1.165, 1.54) is 0 Å². The summed E-state index contributed by atoms with van der Waals surface area (Å²) in [6, 6.07) is 5.80. The largest absolute Gasteiger partial charge is 0.493 e. The highest BCUT2D eigenvalue weighted by atomic mass is 32.1. The smallest absolute Gasteiger partial charge is 0.170 e. The quantitative estimate of drug-likeness (QED) is 0.819. The van der Waals surface area contributed by atoms with E-state index in [-0.39, 0.29) is 0 Å². The molecule has 0 amide bonds. The lowest BCUT2D eigenvalue weighted by Gasteiger charge is -2.10. The summed E-state index contributed by atoms with van der Waals surface area (Å²) in [7, 11) is 3.27. The Kier molecular flexibility index (Phi) is 3.10. The minimum Gasteiger partial charge on any atom is -0.493 e. The summed E-state index contributed by atoms with van der Waals surface area (Å²) in [5, 5.41) is 2.97. The predicted octanol–water partition coefficient (Wildman–Crippen LogP) is 3.14. The molecular formula is C12H13NO2S. The van der Waals surface area contributed by atoms with Crippen LogP contribution in [0.3, 0.4) is 0 Å². The Hall–Kier alpha value is -1.55. The van der Waals surface area contributed by atoms with E-state index in [0.717, 1.165) is 27.8 Å². The van der Waals surface area contributed by atoms with Crippen LogP contribution in [0.2, 0.25) is 0 Å². The van der Waals surface area contributed by atoms with Gasteiger partial charge in [-0.15, -0.1) is 11.3 Å². The van der Waals surface area contributed by atoms with E-state index in [2.05, 4.69) is 4.98 Å². The number of benzene rings is 1. The van der Waals surface area contributed by atoms with Crippen molar-refractivity contribution in [1.29, 1.82) is 0 Å². The molecule has 0 aliphatic carbocycles. The lowest BCUT2D eigenvalue weighted by Crippen LogP contribution is -1.92. The van der Waals surface area contributed by atoms with Crippen molar-refractivity contribution in [3.05, 3.63) is 29.3 Å². The fourth-order valence-corrected chi connectivity index (χ4v) is 2.35. The van der Waals surface area contributed by atoms with Crippen molar-refractivity contribution in [2.75, 3.05) is 14.2 Å². The van der Waals surface area contributed by atoms with Gasteiger partial charge in [-0.25, -0.2) is 4.98 Å². The highest BCUT2D eigenvalue weighted by Crippen LogP contribution is 2.38. The third kappa shape index (κ3) is 1.88. The van der Waals surface area contributed by atoms with Crippen LogP contribution in [0.15, 0.2) is 23.6 Å². The molecule has 1 heterocycles. The van der Waals surface area contributed by atoms with E-state index >= 15 is 0 Å². The molecule has 0 N–H and O–H groups in total. The number of thiazole rings is 1. The van der Waals surface area contributed by atoms with Crippen molar-refractivity contribution in [2.45, 2.75) is 6.92 Å². The molecule has 0 saturated carbocycles. The van der Waals surface area contributed by atoms with Crippen LogP contribution in [-0.4, -0.2) is 19.2 Å². The van der Waals surface area contributed by atoms with E-state index in [1.54, 1.807) is 25.6 Å². The molecule has 16 heavy (non-hydrogen) atoms. The fraction of sp³-hybridized carbons (Fsp3) is 0.250. The molecule has 0 fully saturated rings. The van der Waals surface area contributed by atoms with Crippen molar-refractivity contribution in [3.8, 4) is 22.1 Å². The summed E-state index contributed by atoms with van der Waals surface area (Å²) in [6.07, 6.45) is 0. The Labute approximate surface area is 98.7 Å². The van der Waals surface area contributed by atoms with Crippen LogP contribution in [-0.2, 0) is 0 Å². The molecule has 0 aliphatic heterocycles. The minimum absolute atomic E-state index is 0.729. The molecule has 2 rings (SSSR count). The predicted molar refractivity (Wildman–Crippen MR) is 65.4 cm³/mol. The number of methoxy groups -OCH3 is 2. The maximum Gasteiger partial charge on any atom is 0.170 e. The molecule has 0 radical (unpaired) electrons. The van der Waals surface area contributed by atoms with Crippen LogP contribution in [0.25, 0.3) is 10.6 Å². The van der Waals surface area contributed by atoms with Gasteiger partial charge in [-0.05, 0) is 19.1 Å². The second kappa shape index (κ2) is 4.53. The van der Waals surface area contributed by atoms with Gasteiger partial charge in [0.25, 0.3) is 0 Å². The molecule has 2 aromatic rings. The van der Waals surface area contributed by atoms with Gasteiger partial charge in [-0.3, -0.25) is 0 Å². The molecule has 0 unspecified atom stereocenters. The summed E-state index contributed by atoms with van der Waals surface area (Å²) in [5.74, 6) is 1.47. The zero-order valence-corrected chi connectivity index (χ0v) is 10.3. The minimum atomic E-state index is 0.729. The zero-order valence-electron chi connectivity index (χ0n) is 9.48. The highest BCUT2D eigenvalue weighted by Gasteiger charge is 2.13. The lowest BCUT2D eigenvalue weighted by molar-refractivity contribution is 0.356. The fourth-order valence-electron chi connectivity index (χ4n) is 1.53. The number of ether oxygens (including phenoxy) is 2. The summed E-state index contributed by atoms with van der Waals surface area (Å²) >= 11 is 1.60. The highest BCUT2D eigenvalue weighted by molar-refractivity contribution is 7.13. The SMILES string of the molecule is COc1cccc(-c2nc(C)cs2)c1OC. The molecule has 3 nitrogen and oxygen atoms in total. The summed E-state index contributed by atoms with van der Waals surface area (Å²) in [5.41, 5.74) is 1.99. The average molecular weight is 235 g/mol. The second-order valence-corrected chi connectivity index (χ2v) is 4.19. The maximum absolute atomic E-state index is 5.37. The number of aromatic nitrogens is 1. The third-order valence-electron chi connectivity index (χ3n) is 2.25. The Morgan fingerprint density at radius 2 is 2.00 bits per heavy atom. The Bertz CT molecular complexity index is 494. The van der Waals surface area contributed by atoms with Crippen LogP contribution in [0, 0.1) is 6.92 Å². The first kappa shape index (κ1) is 11.0. The van der Waals surface area contributed by atoms with Gasteiger partial charge < -0.3 is 9.47 Å². The molecule has 1 aromatic carbocycles. The number of rotatable bonds is 3. The number of hydrogen-bond acceptors (Lipinski definition) is 4. The van der Waals surface area contributed by atoms with Crippen molar-refractivity contribution in [1.82, 2.24) is 4.98 Å². The molecular weight excluding hydrogens is 222 g/mol. The van der Waals surface area contributed by atoms with E-state index in [4.69, 9.17) is 9.47 Å². The van der Waals surface area contributed by atoms with Crippen molar-refractivity contribution in [2.24, 2.45) is 0 Å². The lowest BCUT2D eigenvalue weighted by atomic mass is 10.2. The molecule has 0 spiro atoms. The molecule has 84 valence electrons. The van der Waals surface area contributed by atoms with Crippen molar-refractivity contribution < 1.29 is 9.47 Å². The van der Waals surface area contributed by atoms with Crippen LogP contribution in [0.4, 0.5) is 0 Å². The van der Waals surface area contributed by atoms with Crippen molar-refractivity contribution in [3.63, 3.8) is 0 Å². The van der Waals surface area contributed by atoms with Crippen LogP contribution in [0.5, 0.6) is 11.5 Å². The Morgan fingerprint density at radius 3 is 2.56 bits per heavy atom. The van der Waals surface area contributed by atoms with E-state index in [1.807, 2.05) is 30.5 Å². The topological polar surface area (TPSA) is 31.4 Å². The van der Waals surface area contributed by atoms with Gasteiger partial charge in [0.1, 0.15) is 5.01 Å². The van der Waals surface area contributed by atoms with Crippen LogP contribution in [0.1, 0.15) is 5.69 Å². The molecule has 0 atom stereocenters. The van der Waals surface area contributed by atoms with Gasteiger partial charge >= 0.3 is 0 Å². The number of aryl methyl sites for hydroxylation is 1. The van der Waals surface area contributed by atoms with Gasteiger partial charge in [0.05, 0.1) is 19.8 Å². The maximum atomic E-state index is 5.37. The summed E-state index contributed by atoms with van der Waals surface area (Å²) in [6.45, 7) is 1.98. The first-order valence-electron chi connectivity index (χ1n) is 4.89. The van der Waals surface area contributed by atoms with Gasteiger partial charge in [0.2, 0.25) is 0 Å². The number of hydrogen-bond donors (Lipinski definition) is 0. The van der Waals surface area contributed by atoms with Crippen LogP contribution < -0.4 is 9.47 Å². The first-order chi connectivity index (χ1) is 7.76. The number of nitrogens with zero attached hydrogens (tertiary/aromatic N) is 1. The molecule has 0 bridgehead atoms. The number of para-hydroxylation sites is 1. The first-order valence-corrected chi connectivity index (χ1v) is 5.77. The van der Waals surface area contributed by atoms with E-state index in [9.17, 15) is 0 Å².